The number of hydrogen-bond acceptors (Lipinski definition) is 1. The van der Waals surface area contributed by atoms with Gasteiger partial charge < -0.3 is 0 Å². The summed E-state index contributed by atoms with van der Waals surface area (Å²) < 4.78 is 13.3. The SMILES string of the molecule is CC=Cc1c(C#N)ccc(Cl)c1F. The van der Waals surface area contributed by atoms with Crippen LogP contribution in [0.4, 0.5) is 4.39 Å². The van der Waals surface area contributed by atoms with Gasteiger partial charge in [0.2, 0.25) is 0 Å². The first-order valence-electron chi connectivity index (χ1n) is 3.71. The molecule has 0 heterocycles. The number of rotatable bonds is 1. The third-order valence-corrected chi connectivity index (χ3v) is 1.88. The minimum absolute atomic E-state index is 0.0344. The fourth-order valence-corrected chi connectivity index (χ4v) is 1.16. The highest BCUT2D eigenvalue weighted by atomic mass is 35.5. The molecule has 1 aromatic rings. The summed E-state index contributed by atoms with van der Waals surface area (Å²) in [7, 11) is 0. The maximum Gasteiger partial charge on any atom is 0.150 e. The van der Waals surface area contributed by atoms with Crippen molar-refractivity contribution in [1.29, 1.82) is 5.26 Å². The predicted octanol–water partition coefficient (Wildman–Crippen LogP) is 3.38. The lowest BCUT2D eigenvalue weighted by Gasteiger charge is -2.00. The zero-order valence-electron chi connectivity index (χ0n) is 7.01. The Kier molecular flexibility index (Phi) is 3.05. The molecule has 66 valence electrons. The number of nitriles is 1. The molecule has 0 bridgehead atoms. The zero-order valence-corrected chi connectivity index (χ0v) is 7.77. The summed E-state index contributed by atoms with van der Waals surface area (Å²) in [5.41, 5.74) is 0.539. The highest BCUT2D eigenvalue weighted by Gasteiger charge is 2.08. The summed E-state index contributed by atoms with van der Waals surface area (Å²) in [5.74, 6) is -0.543. The van der Waals surface area contributed by atoms with Gasteiger partial charge in [-0.2, -0.15) is 5.26 Å². The van der Waals surface area contributed by atoms with Gasteiger partial charge in [0, 0.05) is 5.56 Å². The van der Waals surface area contributed by atoms with Gasteiger partial charge in [-0.15, -0.1) is 0 Å². The molecular weight excluding hydrogens is 189 g/mol. The topological polar surface area (TPSA) is 23.8 Å². The van der Waals surface area contributed by atoms with Crippen molar-refractivity contribution in [3.05, 3.63) is 40.2 Å². The Morgan fingerprint density at radius 3 is 2.77 bits per heavy atom. The molecule has 1 aromatic carbocycles. The molecule has 0 atom stereocenters. The van der Waals surface area contributed by atoms with Crippen molar-refractivity contribution in [2.45, 2.75) is 6.92 Å². The van der Waals surface area contributed by atoms with Gasteiger partial charge in [0.15, 0.2) is 0 Å². The third kappa shape index (κ3) is 1.88. The van der Waals surface area contributed by atoms with E-state index in [1.807, 2.05) is 6.07 Å². The van der Waals surface area contributed by atoms with Crippen molar-refractivity contribution in [2.75, 3.05) is 0 Å². The Bertz CT molecular complexity index is 391. The Morgan fingerprint density at radius 2 is 2.23 bits per heavy atom. The molecule has 0 radical (unpaired) electrons. The largest absolute Gasteiger partial charge is 0.205 e. The predicted molar refractivity (Wildman–Crippen MR) is 50.8 cm³/mol. The number of nitrogens with zero attached hydrogens (tertiary/aromatic N) is 1. The Labute approximate surface area is 81.1 Å². The molecular formula is C10H7ClFN. The van der Waals surface area contributed by atoms with Crippen molar-refractivity contribution in [2.24, 2.45) is 0 Å². The van der Waals surface area contributed by atoms with Crippen LogP contribution >= 0.6 is 11.6 Å². The lowest BCUT2D eigenvalue weighted by molar-refractivity contribution is 0.625. The molecule has 0 N–H and O–H groups in total. The van der Waals surface area contributed by atoms with Gasteiger partial charge in [-0.05, 0) is 19.1 Å². The van der Waals surface area contributed by atoms with Gasteiger partial charge in [-0.3, -0.25) is 0 Å². The van der Waals surface area contributed by atoms with E-state index < -0.39 is 5.82 Å². The van der Waals surface area contributed by atoms with E-state index in [9.17, 15) is 4.39 Å². The van der Waals surface area contributed by atoms with Gasteiger partial charge in [0.1, 0.15) is 5.82 Å². The first kappa shape index (κ1) is 9.76. The van der Waals surface area contributed by atoms with Crippen LogP contribution in [0.3, 0.4) is 0 Å². The van der Waals surface area contributed by atoms with Crippen LogP contribution in [0.5, 0.6) is 0 Å². The molecule has 1 nitrogen and oxygen atoms in total. The molecule has 0 fully saturated rings. The van der Waals surface area contributed by atoms with Crippen molar-refractivity contribution >= 4 is 17.7 Å². The molecule has 3 heteroatoms. The zero-order chi connectivity index (χ0) is 9.84. The van der Waals surface area contributed by atoms with Crippen molar-refractivity contribution in [3.63, 3.8) is 0 Å². The van der Waals surface area contributed by atoms with Crippen LogP contribution in [-0.2, 0) is 0 Å². The van der Waals surface area contributed by atoms with E-state index in [2.05, 4.69) is 0 Å². The van der Waals surface area contributed by atoms with Crippen molar-refractivity contribution < 1.29 is 4.39 Å². The second-order valence-electron chi connectivity index (χ2n) is 2.43. The summed E-state index contributed by atoms with van der Waals surface area (Å²) in [6.07, 6.45) is 3.19. The normalized spacial score (nSPS) is 10.3. The first-order chi connectivity index (χ1) is 6.20. The minimum Gasteiger partial charge on any atom is -0.205 e. The molecule has 0 amide bonds. The van der Waals surface area contributed by atoms with Crippen LogP contribution < -0.4 is 0 Å². The van der Waals surface area contributed by atoms with Crippen LogP contribution in [0.15, 0.2) is 18.2 Å². The van der Waals surface area contributed by atoms with Gasteiger partial charge in [0.05, 0.1) is 16.7 Å². The molecule has 1 rings (SSSR count). The van der Waals surface area contributed by atoms with Crippen LogP contribution in [0.25, 0.3) is 6.08 Å². The Balaban J connectivity index is 3.43. The highest BCUT2D eigenvalue weighted by Crippen LogP contribution is 2.22. The quantitative estimate of drug-likeness (QED) is 0.674. The van der Waals surface area contributed by atoms with Gasteiger partial charge in [-0.25, -0.2) is 4.39 Å². The highest BCUT2D eigenvalue weighted by molar-refractivity contribution is 6.30. The summed E-state index contributed by atoms with van der Waals surface area (Å²) in [4.78, 5) is 0. The van der Waals surface area contributed by atoms with E-state index in [1.54, 1.807) is 13.0 Å². The fourth-order valence-electron chi connectivity index (χ4n) is 0.993. The average Bonchev–Trinajstić information content (AvgIpc) is 2.14. The van der Waals surface area contributed by atoms with E-state index >= 15 is 0 Å². The molecule has 0 saturated carbocycles. The summed E-state index contributed by atoms with van der Waals surface area (Å²) >= 11 is 5.56. The molecule has 0 unspecified atom stereocenters. The molecule has 0 aliphatic heterocycles. The van der Waals surface area contributed by atoms with E-state index in [-0.39, 0.29) is 10.6 Å². The molecule has 0 spiro atoms. The molecule has 0 aliphatic rings. The molecule has 13 heavy (non-hydrogen) atoms. The number of halogens is 2. The van der Waals surface area contributed by atoms with Crippen LogP contribution in [-0.4, -0.2) is 0 Å². The molecule has 0 aromatic heterocycles. The molecule has 0 saturated heterocycles. The summed E-state index contributed by atoms with van der Waals surface area (Å²) in [5, 5.41) is 8.70. The van der Waals surface area contributed by atoms with Crippen LogP contribution in [0.2, 0.25) is 5.02 Å². The average molecular weight is 196 g/mol. The van der Waals surface area contributed by atoms with Gasteiger partial charge in [0.25, 0.3) is 0 Å². The lowest BCUT2D eigenvalue weighted by atomic mass is 10.1. The smallest absolute Gasteiger partial charge is 0.150 e. The lowest BCUT2D eigenvalue weighted by Crippen LogP contribution is -1.89. The Morgan fingerprint density at radius 1 is 1.54 bits per heavy atom. The third-order valence-electron chi connectivity index (χ3n) is 1.59. The second kappa shape index (κ2) is 4.06. The number of benzene rings is 1. The summed E-state index contributed by atoms with van der Waals surface area (Å²) in [6, 6.07) is 4.78. The minimum atomic E-state index is -0.543. The first-order valence-corrected chi connectivity index (χ1v) is 4.09. The van der Waals surface area contributed by atoms with Gasteiger partial charge in [-0.1, -0.05) is 23.8 Å². The van der Waals surface area contributed by atoms with E-state index in [1.165, 1.54) is 18.2 Å². The van der Waals surface area contributed by atoms with E-state index in [0.717, 1.165) is 0 Å². The summed E-state index contributed by atoms with van der Waals surface area (Å²) in [6.45, 7) is 1.75. The Hall–Kier alpha value is -1.33. The van der Waals surface area contributed by atoms with E-state index in [0.29, 0.717) is 5.56 Å². The van der Waals surface area contributed by atoms with Crippen LogP contribution in [0, 0.1) is 17.1 Å². The standard InChI is InChI=1S/C10H7ClFN/c1-2-3-8-7(6-13)4-5-9(11)10(8)12/h2-5H,1H3. The molecule has 0 aliphatic carbocycles. The van der Waals surface area contributed by atoms with Crippen molar-refractivity contribution in [3.8, 4) is 6.07 Å². The maximum atomic E-state index is 13.3. The van der Waals surface area contributed by atoms with E-state index in [4.69, 9.17) is 16.9 Å². The van der Waals surface area contributed by atoms with Gasteiger partial charge >= 0.3 is 0 Å². The monoisotopic (exact) mass is 195 g/mol. The fraction of sp³-hybridized carbons (Fsp3) is 0.100. The van der Waals surface area contributed by atoms with Crippen molar-refractivity contribution in [1.82, 2.24) is 0 Å². The number of allylic oxidation sites excluding steroid dienone is 1. The number of hydrogen-bond donors (Lipinski definition) is 0. The maximum absolute atomic E-state index is 13.3. The second-order valence-corrected chi connectivity index (χ2v) is 2.84. The van der Waals surface area contributed by atoms with Crippen LogP contribution in [0.1, 0.15) is 18.1 Å².